The molecule has 1 aliphatic rings. The summed E-state index contributed by atoms with van der Waals surface area (Å²) in [5.74, 6) is 1.90. The summed E-state index contributed by atoms with van der Waals surface area (Å²) in [7, 11) is 0. The van der Waals surface area contributed by atoms with E-state index in [4.69, 9.17) is 8.94 Å². The van der Waals surface area contributed by atoms with Crippen molar-refractivity contribution in [2.45, 2.75) is 26.8 Å². The molecule has 2 aromatic heterocycles. The third kappa shape index (κ3) is 4.25. The predicted octanol–water partition coefficient (Wildman–Crippen LogP) is 1.75. The van der Waals surface area contributed by atoms with Gasteiger partial charge in [-0.1, -0.05) is 12.1 Å². The second kappa shape index (κ2) is 8.55. The summed E-state index contributed by atoms with van der Waals surface area (Å²) in [6, 6.07) is 5.36. The van der Waals surface area contributed by atoms with Crippen molar-refractivity contribution in [2.75, 3.05) is 32.7 Å². The van der Waals surface area contributed by atoms with Crippen LogP contribution in [-0.4, -0.2) is 59.5 Å². The summed E-state index contributed by atoms with van der Waals surface area (Å²) < 4.78 is 10.5. The first kappa shape index (κ1) is 18.0. The molecule has 1 aliphatic heterocycles. The molecule has 0 aromatic carbocycles. The molecule has 2 aromatic rings. The van der Waals surface area contributed by atoms with Gasteiger partial charge in [-0.3, -0.25) is 4.79 Å². The standard InChI is InChI=1S/C18H25N5O3/c1-3-14-12-15(26-21-14)13-20-18(19-4-2)23-9-7-22(8-10-23)17(24)16-6-5-11-25-16/h5-6,11-12H,3-4,7-10,13H2,1-2H3,(H,19,20). The number of carbonyl (C=O) groups is 1. The highest BCUT2D eigenvalue weighted by molar-refractivity contribution is 5.91. The third-order valence-electron chi connectivity index (χ3n) is 4.29. The van der Waals surface area contributed by atoms with Gasteiger partial charge in [0.05, 0.1) is 12.0 Å². The van der Waals surface area contributed by atoms with Crippen LogP contribution in [0.5, 0.6) is 0 Å². The molecule has 8 nitrogen and oxygen atoms in total. The molecular formula is C18H25N5O3. The van der Waals surface area contributed by atoms with Gasteiger partial charge < -0.3 is 24.1 Å². The van der Waals surface area contributed by atoms with Crippen molar-refractivity contribution in [3.8, 4) is 0 Å². The van der Waals surface area contributed by atoms with Gasteiger partial charge in [-0.25, -0.2) is 4.99 Å². The van der Waals surface area contributed by atoms with Crippen LogP contribution in [0.15, 0.2) is 38.4 Å². The van der Waals surface area contributed by atoms with Crippen LogP contribution in [0.3, 0.4) is 0 Å². The number of guanidine groups is 1. The maximum absolute atomic E-state index is 12.4. The summed E-state index contributed by atoms with van der Waals surface area (Å²) in [4.78, 5) is 21.0. The van der Waals surface area contributed by atoms with Gasteiger partial charge >= 0.3 is 0 Å². The quantitative estimate of drug-likeness (QED) is 0.646. The van der Waals surface area contributed by atoms with Crippen LogP contribution in [0.1, 0.15) is 35.9 Å². The minimum absolute atomic E-state index is 0.0645. The van der Waals surface area contributed by atoms with Crippen molar-refractivity contribution in [2.24, 2.45) is 4.99 Å². The number of hydrogen-bond donors (Lipinski definition) is 1. The Bertz CT molecular complexity index is 730. The first-order valence-corrected chi connectivity index (χ1v) is 9.01. The van der Waals surface area contributed by atoms with Crippen molar-refractivity contribution < 1.29 is 13.7 Å². The minimum atomic E-state index is -0.0645. The molecule has 8 heteroatoms. The first-order valence-electron chi connectivity index (χ1n) is 9.01. The SMILES string of the molecule is CCNC(=NCc1cc(CC)no1)N1CCN(C(=O)c2ccco2)CC1. The summed E-state index contributed by atoms with van der Waals surface area (Å²) in [5.41, 5.74) is 0.935. The van der Waals surface area contributed by atoms with E-state index in [1.165, 1.54) is 6.26 Å². The summed E-state index contributed by atoms with van der Waals surface area (Å²) >= 11 is 0. The fraction of sp³-hybridized carbons (Fsp3) is 0.500. The number of nitrogens with zero attached hydrogens (tertiary/aromatic N) is 4. The number of aromatic nitrogens is 1. The van der Waals surface area contributed by atoms with E-state index < -0.39 is 0 Å². The summed E-state index contributed by atoms with van der Waals surface area (Å²) in [6.07, 6.45) is 2.37. The summed E-state index contributed by atoms with van der Waals surface area (Å²) in [6.45, 7) is 8.00. The van der Waals surface area contributed by atoms with E-state index in [1.807, 2.05) is 24.8 Å². The molecule has 1 N–H and O–H groups in total. The highest BCUT2D eigenvalue weighted by Crippen LogP contribution is 2.11. The lowest BCUT2D eigenvalue weighted by atomic mass is 10.3. The molecule has 3 heterocycles. The van der Waals surface area contributed by atoms with E-state index in [2.05, 4.69) is 20.4 Å². The fourth-order valence-electron chi connectivity index (χ4n) is 2.85. The number of carbonyl (C=O) groups excluding carboxylic acids is 1. The van der Waals surface area contributed by atoms with Crippen molar-refractivity contribution in [3.05, 3.63) is 41.7 Å². The van der Waals surface area contributed by atoms with Gasteiger partial charge in [0.25, 0.3) is 5.91 Å². The van der Waals surface area contributed by atoms with Gasteiger partial charge in [-0.05, 0) is 25.5 Å². The molecule has 3 rings (SSSR count). The predicted molar refractivity (Wildman–Crippen MR) is 96.9 cm³/mol. The smallest absolute Gasteiger partial charge is 0.289 e. The lowest BCUT2D eigenvalue weighted by Gasteiger charge is -2.36. The van der Waals surface area contributed by atoms with Crippen LogP contribution in [0, 0.1) is 0 Å². The Hall–Kier alpha value is -2.77. The average molecular weight is 359 g/mol. The Balaban J connectivity index is 1.59. The van der Waals surface area contributed by atoms with Crippen LogP contribution in [-0.2, 0) is 13.0 Å². The number of piperazine rings is 1. The summed E-state index contributed by atoms with van der Waals surface area (Å²) in [5, 5.41) is 7.30. The number of aliphatic imine (C=N–C) groups is 1. The molecule has 140 valence electrons. The van der Waals surface area contributed by atoms with Gasteiger partial charge in [-0.15, -0.1) is 0 Å². The van der Waals surface area contributed by atoms with E-state index in [-0.39, 0.29) is 5.91 Å². The molecule has 0 atom stereocenters. The van der Waals surface area contributed by atoms with E-state index in [1.54, 1.807) is 12.1 Å². The molecular weight excluding hydrogens is 334 g/mol. The number of nitrogens with one attached hydrogen (secondary N) is 1. The Morgan fingerprint density at radius 2 is 2.04 bits per heavy atom. The number of furan rings is 1. The lowest BCUT2D eigenvalue weighted by Crippen LogP contribution is -2.53. The van der Waals surface area contributed by atoms with Gasteiger partial charge in [0, 0.05) is 38.8 Å². The maximum atomic E-state index is 12.4. The Kier molecular flexibility index (Phi) is 5.93. The van der Waals surface area contributed by atoms with Gasteiger partial charge in [0.2, 0.25) is 0 Å². The van der Waals surface area contributed by atoms with Gasteiger partial charge in [0.15, 0.2) is 17.5 Å². The van der Waals surface area contributed by atoms with E-state index in [0.717, 1.165) is 43.5 Å². The van der Waals surface area contributed by atoms with Crippen LogP contribution in [0.25, 0.3) is 0 Å². The molecule has 0 bridgehead atoms. The van der Waals surface area contributed by atoms with Gasteiger partial charge in [0.1, 0.15) is 6.54 Å². The molecule has 26 heavy (non-hydrogen) atoms. The molecule has 0 unspecified atom stereocenters. The van der Waals surface area contributed by atoms with Crippen LogP contribution in [0.2, 0.25) is 0 Å². The molecule has 0 radical (unpaired) electrons. The van der Waals surface area contributed by atoms with Crippen molar-refractivity contribution in [1.29, 1.82) is 0 Å². The second-order valence-corrected chi connectivity index (χ2v) is 6.06. The van der Waals surface area contributed by atoms with Crippen LogP contribution in [0.4, 0.5) is 0 Å². The zero-order valence-corrected chi connectivity index (χ0v) is 15.3. The number of hydrogen-bond acceptors (Lipinski definition) is 5. The fourth-order valence-corrected chi connectivity index (χ4v) is 2.85. The van der Waals surface area contributed by atoms with Crippen molar-refractivity contribution >= 4 is 11.9 Å². The zero-order chi connectivity index (χ0) is 18.4. The molecule has 1 saturated heterocycles. The van der Waals surface area contributed by atoms with Crippen LogP contribution < -0.4 is 5.32 Å². The van der Waals surface area contributed by atoms with Gasteiger partial charge in [-0.2, -0.15) is 0 Å². The third-order valence-corrected chi connectivity index (χ3v) is 4.29. The number of rotatable bonds is 5. The molecule has 1 fully saturated rings. The van der Waals surface area contributed by atoms with Crippen molar-refractivity contribution in [3.63, 3.8) is 0 Å². The minimum Gasteiger partial charge on any atom is -0.459 e. The normalized spacial score (nSPS) is 15.4. The van der Waals surface area contributed by atoms with E-state index in [0.29, 0.717) is 25.4 Å². The van der Waals surface area contributed by atoms with E-state index in [9.17, 15) is 4.79 Å². The Morgan fingerprint density at radius 1 is 1.27 bits per heavy atom. The maximum Gasteiger partial charge on any atom is 0.289 e. The largest absolute Gasteiger partial charge is 0.459 e. The zero-order valence-electron chi connectivity index (χ0n) is 15.3. The highest BCUT2D eigenvalue weighted by Gasteiger charge is 2.25. The molecule has 0 saturated carbocycles. The van der Waals surface area contributed by atoms with E-state index >= 15 is 0 Å². The number of amides is 1. The first-order chi connectivity index (χ1) is 12.7. The second-order valence-electron chi connectivity index (χ2n) is 6.06. The van der Waals surface area contributed by atoms with Crippen LogP contribution >= 0.6 is 0 Å². The monoisotopic (exact) mass is 359 g/mol. The molecule has 0 aliphatic carbocycles. The topological polar surface area (TPSA) is 87.1 Å². The molecule has 0 spiro atoms. The van der Waals surface area contributed by atoms with Crippen molar-refractivity contribution in [1.82, 2.24) is 20.3 Å². The molecule has 1 amide bonds. The Labute approximate surface area is 152 Å². The number of aryl methyl sites for hydroxylation is 1. The highest BCUT2D eigenvalue weighted by atomic mass is 16.5. The lowest BCUT2D eigenvalue weighted by molar-refractivity contribution is 0.0657. The average Bonchev–Trinajstić information content (AvgIpc) is 3.36. The Morgan fingerprint density at radius 3 is 2.65 bits per heavy atom.